The summed E-state index contributed by atoms with van der Waals surface area (Å²) >= 11 is 0. The number of hydrogen-bond donors (Lipinski definition) is 0. The summed E-state index contributed by atoms with van der Waals surface area (Å²) in [5, 5.41) is 0. The van der Waals surface area contributed by atoms with E-state index in [4.69, 9.17) is 9.47 Å². The van der Waals surface area contributed by atoms with Crippen molar-refractivity contribution in [1.82, 2.24) is 9.80 Å². The van der Waals surface area contributed by atoms with Crippen LogP contribution >= 0.6 is 0 Å². The van der Waals surface area contributed by atoms with Crippen LogP contribution in [0.3, 0.4) is 0 Å². The van der Waals surface area contributed by atoms with E-state index in [1.165, 1.54) is 29.7 Å². The molecule has 0 radical (unpaired) electrons. The highest BCUT2D eigenvalue weighted by Gasteiger charge is 2.62. The number of methoxy groups -OCH3 is 1. The molecule has 2 aliphatic carbocycles. The van der Waals surface area contributed by atoms with Crippen LogP contribution in [0.25, 0.3) is 0 Å². The first-order valence-corrected chi connectivity index (χ1v) is 9.98. The van der Waals surface area contributed by atoms with Gasteiger partial charge < -0.3 is 14.4 Å². The summed E-state index contributed by atoms with van der Waals surface area (Å²) in [4.78, 5) is 5.10. The second kappa shape index (κ2) is 5.07. The average Bonchev–Trinajstić information content (AvgIpc) is 3.30. The van der Waals surface area contributed by atoms with Crippen LogP contribution in [0.4, 0.5) is 0 Å². The molecule has 2 saturated heterocycles. The van der Waals surface area contributed by atoms with Gasteiger partial charge in [0.2, 0.25) is 0 Å². The summed E-state index contributed by atoms with van der Waals surface area (Å²) in [5.41, 5.74) is 5.86. The zero-order valence-electron chi connectivity index (χ0n) is 15.6. The number of rotatable bonds is 2. The van der Waals surface area contributed by atoms with E-state index >= 15 is 0 Å². The Bertz CT molecular complexity index is 852. The molecule has 2 bridgehead atoms. The summed E-state index contributed by atoms with van der Waals surface area (Å²) in [5.74, 6) is 1.90. The second-order valence-electron chi connectivity index (χ2n) is 8.46. The van der Waals surface area contributed by atoms with Crippen molar-refractivity contribution in [2.45, 2.75) is 43.2 Å². The predicted octanol–water partition coefficient (Wildman–Crippen LogP) is 2.87. The molecular formula is C22H26N2O2. The van der Waals surface area contributed by atoms with Crippen molar-refractivity contribution in [2.24, 2.45) is 0 Å². The molecule has 4 nitrogen and oxygen atoms in total. The lowest BCUT2D eigenvalue weighted by molar-refractivity contribution is 0.0945. The molecule has 0 amide bonds. The molecule has 5 aliphatic rings. The number of allylic oxidation sites excluding steroid dienone is 2. The van der Waals surface area contributed by atoms with E-state index in [0.717, 1.165) is 44.0 Å². The number of nitrogens with zero attached hydrogens (tertiary/aromatic N) is 2. The Labute approximate surface area is 155 Å². The van der Waals surface area contributed by atoms with Gasteiger partial charge in [0.05, 0.1) is 18.2 Å². The smallest absolute Gasteiger partial charge is 0.166 e. The van der Waals surface area contributed by atoms with Gasteiger partial charge in [-0.3, -0.25) is 4.90 Å². The van der Waals surface area contributed by atoms with Gasteiger partial charge in [-0.1, -0.05) is 12.1 Å². The summed E-state index contributed by atoms with van der Waals surface area (Å²) in [6, 6.07) is 4.88. The van der Waals surface area contributed by atoms with Crippen LogP contribution in [0.2, 0.25) is 0 Å². The number of ether oxygens (including phenoxy) is 2. The molecule has 0 saturated carbocycles. The van der Waals surface area contributed by atoms with Gasteiger partial charge in [0.15, 0.2) is 17.6 Å². The molecule has 1 spiro atoms. The van der Waals surface area contributed by atoms with Crippen LogP contribution in [-0.4, -0.2) is 55.7 Å². The van der Waals surface area contributed by atoms with E-state index in [-0.39, 0.29) is 11.5 Å². The molecule has 3 aliphatic heterocycles. The third-order valence-corrected chi connectivity index (χ3v) is 7.41. The summed E-state index contributed by atoms with van der Waals surface area (Å²) < 4.78 is 12.5. The normalized spacial score (nSPS) is 34.2. The third kappa shape index (κ3) is 1.65. The van der Waals surface area contributed by atoms with Crippen molar-refractivity contribution in [3.8, 4) is 11.5 Å². The molecule has 0 aromatic heterocycles. The van der Waals surface area contributed by atoms with Crippen LogP contribution in [0.5, 0.6) is 11.5 Å². The van der Waals surface area contributed by atoms with Gasteiger partial charge in [0.25, 0.3) is 0 Å². The average molecular weight is 350 g/mol. The van der Waals surface area contributed by atoms with Crippen LogP contribution < -0.4 is 9.47 Å². The van der Waals surface area contributed by atoms with Crippen molar-refractivity contribution in [3.05, 3.63) is 46.7 Å². The van der Waals surface area contributed by atoms with Crippen molar-refractivity contribution in [2.75, 3.05) is 33.8 Å². The lowest BCUT2D eigenvalue weighted by Gasteiger charge is -2.53. The third-order valence-electron chi connectivity index (χ3n) is 7.41. The van der Waals surface area contributed by atoms with E-state index in [1.54, 1.807) is 12.7 Å². The van der Waals surface area contributed by atoms with Crippen molar-refractivity contribution < 1.29 is 9.47 Å². The largest absolute Gasteiger partial charge is 0.493 e. The fraction of sp³-hybridized carbons (Fsp3) is 0.545. The minimum absolute atomic E-state index is 0.0152. The highest BCUT2D eigenvalue weighted by Crippen LogP contribution is 2.62. The number of likely N-dealkylation sites (tertiary alicyclic amines) is 2. The number of hydrogen-bond acceptors (Lipinski definition) is 4. The van der Waals surface area contributed by atoms with Gasteiger partial charge in [0.1, 0.15) is 0 Å². The lowest BCUT2D eigenvalue weighted by atomic mass is 9.57. The second-order valence-corrected chi connectivity index (χ2v) is 8.46. The predicted molar refractivity (Wildman–Crippen MR) is 101 cm³/mol. The van der Waals surface area contributed by atoms with Crippen molar-refractivity contribution in [1.29, 1.82) is 0 Å². The van der Waals surface area contributed by atoms with E-state index in [9.17, 15) is 0 Å². The zero-order chi connectivity index (χ0) is 17.5. The number of piperidine rings is 1. The van der Waals surface area contributed by atoms with Crippen molar-refractivity contribution in [3.63, 3.8) is 0 Å². The van der Waals surface area contributed by atoms with E-state index in [0.29, 0.717) is 6.04 Å². The van der Waals surface area contributed by atoms with Gasteiger partial charge in [-0.15, -0.1) is 0 Å². The molecule has 0 unspecified atom stereocenters. The molecule has 2 fully saturated rings. The Hall–Kier alpha value is -1.94. The van der Waals surface area contributed by atoms with E-state index < -0.39 is 0 Å². The summed E-state index contributed by atoms with van der Waals surface area (Å²) in [6.45, 7) is 3.45. The minimum Gasteiger partial charge on any atom is -0.493 e. The molecule has 0 N–H and O–H groups in total. The fourth-order valence-electron chi connectivity index (χ4n) is 6.19. The highest BCUT2D eigenvalue weighted by atomic mass is 16.5. The van der Waals surface area contributed by atoms with Crippen LogP contribution in [-0.2, 0) is 11.8 Å². The summed E-state index contributed by atoms with van der Waals surface area (Å²) in [6.07, 6.45) is 9.71. The molecule has 1 aromatic carbocycles. The topological polar surface area (TPSA) is 24.9 Å². The molecule has 3 heterocycles. The van der Waals surface area contributed by atoms with Gasteiger partial charge in [-0.25, -0.2) is 0 Å². The van der Waals surface area contributed by atoms with E-state index in [2.05, 4.69) is 41.1 Å². The Balaban J connectivity index is 1.61. The Morgan fingerprint density at radius 2 is 2.00 bits per heavy atom. The fourth-order valence-corrected chi connectivity index (χ4v) is 6.19. The Kier molecular flexibility index (Phi) is 2.95. The van der Waals surface area contributed by atoms with Gasteiger partial charge in [0, 0.05) is 24.7 Å². The highest BCUT2D eigenvalue weighted by molar-refractivity contribution is 5.67. The van der Waals surface area contributed by atoms with Crippen molar-refractivity contribution >= 4 is 0 Å². The first-order chi connectivity index (χ1) is 12.7. The van der Waals surface area contributed by atoms with Gasteiger partial charge in [-0.05, 0) is 62.6 Å². The maximum atomic E-state index is 6.77. The van der Waals surface area contributed by atoms with Crippen LogP contribution in [0.1, 0.15) is 30.4 Å². The molecule has 1 aromatic rings. The first kappa shape index (κ1) is 15.2. The van der Waals surface area contributed by atoms with E-state index in [1.807, 2.05) is 0 Å². The number of benzene rings is 1. The van der Waals surface area contributed by atoms with Crippen LogP contribution in [0.15, 0.2) is 35.6 Å². The minimum atomic E-state index is 0.0152. The molecule has 26 heavy (non-hydrogen) atoms. The SMILES string of the molecule is COc1ccc2c3c1O[C@H]1C(N4CCCC4)=CC=C4[C@@H](C2)N(C)CC[C@]431. The summed E-state index contributed by atoms with van der Waals surface area (Å²) in [7, 11) is 4.04. The first-order valence-electron chi connectivity index (χ1n) is 9.98. The lowest BCUT2D eigenvalue weighted by Crippen LogP contribution is -2.59. The molecule has 6 rings (SSSR count). The Morgan fingerprint density at radius 1 is 1.15 bits per heavy atom. The zero-order valence-corrected chi connectivity index (χ0v) is 15.6. The standard InChI is InChI=1S/C22H26N2O2/c1-23-12-9-22-15-6-7-16(24-10-3-4-11-24)21(22)26-20-18(25-2)8-5-14(19(20)22)13-17(15)23/h5-8,17,21H,3-4,9-13H2,1-2H3/t17-,21+,22+/m1/s1. The quantitative estimate of drug-likeness (QED) is 0.819. The van der Waals surface area contributed by atoms with Gasteiger partial charge in [-0.2, -0.15) is 0 Å². The monoisotopic (exact) mass is 350 g/mol. The molecule has 3 atom stereocenters. The molecule has 4 heteroatoms. The van der Waals surface area contributed by atoms with Gasteiger partial charge >= 0.3 is 0 Å². The molecule has 136 valence electrons. The Morgan fingerprint density at radius 3 is 2.81 bits per heavy atom. The maximum absolute atomic E-state index is 6.77. The molecular weight excluding hydrogens is 324 g/mol. The van der Waals surface area contributed by atoms with Crippen LogP contribution in [0, 0.1) is 0 Å². The maximum Gasteiger partial charge on any atom is 0.166 e. The number of likely N-dealkylation sites (N-methyl/N-ethyl adjacent to an activating group) is 1.